The van der Waals surface area contributed by atoms with E-state index in [1.165, 1.54) is 6.92 Å². The van der Waals surface area contributed by atoms with E-state index in [9.17, 15) is 9.59 Å². The van der Waals surface area contributed by atoms with Gasteiger partial charge in [-0.15, -0.1) is 0 Å². The fourth-order valence-electron chi connectivity index (χ4n) is 2.07. The minimum absolute atomic E-state index is 0.148. The van der Waals surface area contributed by atoms with Crippen molar-refractivity contribution >= 4 is 23.5 Å². The van der Waals surface area contributed by atoms with Crippen LogP contribution in [0.2, 0.25) is 0 Å². The monoisotopic (exact) mass is 293 g/mol. The zero-order valence-corrected chi connectivity index (χ0v) is 13.0. The van der Waals surface area contributed by atoms with Gasteiger partial charge in [-0.25, -0.2) is 0 Å². The Labute approximate surface area is 130 Å². The first kappa shape index (κ1) is 15.7. The highest BCUT2D eigenvalue weighted by atomic mass is 16.2. The Hall–Kier alpha value is -2.68. The standard InChI is InChI=1S/C19H19NO2/c1-13-8-10-17(11-9-13)20-19(22)18(15(3)21)12-16-7-5-4-6-14(16)2/h4-12H,1-3H3,(H,20,22)/b18-12-. The zero-order valence-electron chi connectivity index (χ0n) is 13.0. The van der Waals surface area contributed by atoms with Gasteiger partial charge in [0.15, 0.2) is 5.78 Å². The molecule has 22 heavy (non-hydrogen) atoms. The number of ketones is 1. The lowest BCUT2D eigenvalue weighted by Crippen LogP contribution is -2.19. The van der Waals surface area contributed by atoms with Gasteiger partial charge in [-0.3, -0.25) is 9.59 Å². The minimum atomic E-state index is -0.389. The topological polar surface area (TPSA) is 46.2 Å². The molecule has 0 aliphatic rings. The fourth-order valence-corrected chi connectivity index (χ4v) is 2.07. The third-order valence-corrected chi connectivity index (χ3v) is 3.42. The maximum Gasteiger partial charge on any atom is 0.259 e. The lowest BCUT2D eigenvalue weighted by molar-refractivity contribution is -0.118. The van der Waals surface area contributed by atoms with Gasteiger partial charge in [0.25, 0.3) is 5.91 Å². The number of benzene rings is 2. The van der Waals surface area contributed by atoms with Gasteiger partial charge in [-0.1, -0.05) is 42.0 Å². The van der Waals surface area contributed by atoms with Crippen molar-refractivity contribution in [3.05, 3.63) is 70.8 Å². The number of hydrogen-bond donors (Lipinski definition) is 1. The highest BCUT2D eigenvalue weighted by Crippen LogP contribution is 2.15. The van der Waals surface area contributed by atoms with Gasteiger partial charge in [0, 0.05) is 5.69 Å². The van der Waals surface area contributed by atoms with E-state index in [0.29, 0.717) is 5.69 Å². The largest absolute Gasteiger partial charge is 0.322 e. The molecule has 2 aromatic rings. The van der Waals surface area contributed by atoms with Gasteiger partial charge in [0.05, 0.1) is 5.57 Å². The van der Waals surface area contributed by atoms with Crippen molar-refractivity contribution in [1.29, 1.82) is 0 Å². The molecule has 0 spiro atoms. The van der Waals surface area contributed by atoms with E-state index >= 15 is 0 Å². The van der Waals surface area contributed by atoms with Gasteiger partial charge in [0.1, 0.15) is 0 Å². The Morgan fingerprint density at radius 3 is 2.18 bits per heavy atom. The molecule has 0 heterocycles. The van der Waals surface area contributed by atoms with Gasteiger partial charge in [-0.2, -0.15) is 0 Å². The molecule has 0 bridgehead atoms. The van der Waals surface area contributed by atoms with Crippen LogP contribution in [0.1, 0.15) is 23.6 Å². The summed E-state index contributed by atoms with van der Waals surface area (Å²) in [5.41, 5.74) is 3.82. The molecule has 3 heteroatoms. The summed E-state index contributed by atoms with van der Waals surface area (Å²) in [6.45, 7) is 5.32. The summed E-state index contributed by atoms with van der Waals surface area (Å²) in [5, 5.41) is 2.76. The first-order valence-corrected chi connectivity index (χ1v) is 7.13. The quantitative estimate of drug-likeness (QED) is 0.527. The number of carbonyl (C=O) groups excluding carboxylic acids is 2. The zero-order chi connectivity index (χ0) is 16.1. The summed E-state index contributed by atoms with van der Waals surface area (Å²) >= 11 is 0. The normalized spacial score (nSPS) is 11.1. The van der Waals surface area contributed by atoms with Crippen molar-refractivity contribution in [3.63, 3.8) is 0 Å². The van der Waals surface area contributed by atoms with Gasteiger partial charge in [0.2, 0.25) is 0 Å². The first-order chi connectivity index (χ1) is 10.5. The maximum atomic E-state index is 12.4. The van der Waals surface area contributed by atoms with E-state index in [1.54, 1.807) is 6.08 Å². The summed E-state index contributed by atoms with van der Waals surface area (Å²) < 4.78 is 0. The number of hydrogen-bond acceptors (Lipinski definition) is 2. The fraction of sp³-hybridized carbons (Fsp3) is 0.158. The van der Waals surface area contributed by atoms with Crippen LogP contribution in [0.25, 0.3) is 6.08 Å². The molecule has 0 radical (unpaired) electrons. The van der Waals surface area contributed by atoms with E-state index in [0.717, 1.165) is 16.7 Å². The molecule has 0 aliphatic heterocycles. The second-order valence-corrected chi connectivity index (χ2v) is 5.29. The highest BCUT2D eigenvalue weighted by Gasteiger charge is 2.15. The SMILES string of the molecule is CC(=O)/C(=C/c1ccccc1C)C(=O)Nc1ccc(C)cc1. The molecule has 0 saturated heterocycles. The van der Waals surface area contributed by atoms with Gasteiger partial charge >= 0.3 is 0 Å². The molecule has 0 aromatic heterocycles. The van der Waals surface area contributed by atoms with Crippen LogP contribution in [-0.2, 0) is 9.59 Å². The third kappa shape index (κ3) is 3.92. The first-order valence-electron chi connectivity index (χ1n) is 7.13. The average molecular weight is 293 g/mol. The van der Waals surface area contributed by atoms with E-state index < -0.39 is 0 Å². The van der Waals surface area contributed by atoms with Crippen molar-refractivity contribution in [2.75, 3.05) is 5.32 Å². The Bertz CT molecular complexity index is 727. The van der Waals surface area contributed by atoms with Crippen LogP contribution in [0.15, 0.2) is 54.1 Å². The summed E-state index contributed by atoms with van der Waals surface area (Å²) in [6, 6.07) is 15.1. The van der Waals surface area contributed by atoms with Crippen molar-refractivity contribution in [3.8, 4) is 0 Å². The molecule has 0 atom stereocenters. The molecule has 0 saturated carbocycles. The predicted octanol–water partition coefficient (Wildman–Crippen LogP) is 3.91. The molecule has 0 fully saturated rings. The lowest BCUT2D eigenvalue weighted by atomic mass is 10.0. The average Bonchev–Trinajstić information content (AvgIpc) is 2.48. The summed E-state index contributed by atoms with van der Waals surface area (Å²) in [4.78, 5) is 24.2. The van der Waals surface area contributed by atoms with Gasteiger partial charge in [-0.05, 0) is 50.1 Å². The van der Waals surface area contributed by atoms with Crippen LogP contribution in [0.4, 0.5) is 5.69 Å². The van der Waals surface area contributed by atoms with Crippen LogP contribution in [0.5, 0.6) is 0 Å². The summed E-state index contributed by atoms with van der Waals surface area (Å²) in [6.07, 6.45) is 1.64. The number of rotatable bonds is 4. The molecule has 2 rings (SSSR count). The molecule has 0 unspecified atom stereocenters. The molecular formula is C19H19NO2. The molecule has 1 amide bonds. The number of amides is 1. The smallest absolute Gasteiger partial charge is 0.259 e. The molecule has 2 aromatic carbocycles. The number of Topliss-reactive ketones (excluding diaryl/α,β-unsaturated/α-hetero) is 1. The Morgan fingerprint density at radius 1 is 0.955 bits per heavy atom. The summed E-state index contributed by atoms with van der Waals surface area (Å²) in [7, 11) is 0. The van der Waals surface area contributed by atoms with Gasteiger partial charge < -0.3 is 5.32 Å². The number of carbonyl (C=O) groups is 2. The number of aryl methyl sites for hydroxylation is 2. The number of nitrogens with one attached hydrogen (secondary N) is 1. The van der Waals surface area contributed by atoms with Crippen LogP contribution in [0.3, 0.4) is 0 Å². The van der Waals surface area contributed by atoms with E-state index in [1.807, 2.05) is 62.4 Å². The molecule has 3 nitrogen and oxygen atoms in total. The van der Waals surface area contributed by atoms with Crippen molar-refractivity contribution < 1.29 is 9.59 Å². The van der Waals surface area contributed by atoms with Crippen molar-refractivity contribution in [2.24, 2.45) is 0 Å². The number of anilines is 1. The van der Waals surface area contributed by atoms with E-state index in [4.69, 9.17) is 0 Å². The van der Waals surface area contributed by atoms with Crippen LogP contribution >= 0.6 is 0 Å². The van der Waals surface area contributed by atoms with Crippen LogP contribution < -0.4 is 5.32 Å². The van der Waals surface area contributed by atoms with E-state index in [2.05, 4.69) is 5.32 Å². The molecule has 0 aliphatic carbocycles. The molecule has 1 N–H and O–H groups in total. The Balaban J connectivity index is 2.28. The Kier molecular flexibility index (Phi) is 4.89. The summed E-state index contributed by atoms with van der Waals surface area (Å²) in [5.74, 6) is -0.646. The van der Waals surface area contributed by atoms with E-state index in [-0.39, 0.29) is 17.3 Å². The minimum Gasteiger partial charge on any atom is -0.322 e. The lowest BCUT2D eigenvalue weighted by Gasteiger charge is -2.08. The highest BCUT2D eigenvalue weighted by molar-refractivity contribution is 6.25. The van der Waals surface area contributed by atoms with Crippen molar-refractivity contribution in [2.45, 2.75) is 20.8 Å². The second kappa shape index (κ2) is 6.85. The maximum absolute atomic E-state index is 12.4. The van der Waals surface area contributed by atoms with Crippen LogP contribution in [-0.4, -0.2) is 11.7 Å². The van der Waals surface area contributed by atoms with Crippen LogP contribution in [0, 0.1) is 13.8 Å². The van der Waals surface area contributed by atoms with Crippen molar-refractivity contribution in [1.82, 2.24) is 0 Å². The second-order valence-electron chi connectivity index (χ2n) is 5.29. The third-order valence-electron chi connectivity index (χ3n) is 3.42. The Morgan fingerprint density at radius 2 is 1.59 bits per heavy atom. The molecule has 112 valence electrons. The molecular weight excluding hydrogens is 274 g/mol. The predicted molar refractivity (Wildman–Crippen MR) is 89.6 cm³/mol.